The van der Waals surface area contributed by atoms with Gasteiger partial charge in [0.25, 0.3) is 0 Å². The lowest BCUT2D eigenvalue weighted by molar-refractivity contribution is 0.442. The number of hydrogen-bond donors (Lipinski definition) is 0. The molecule has 0 aliphatic carbocycles. The van der Waals surface area contributed by atoms with Crippen molar-refractivity contribution in [1.29, 1.82) is 0 Å². The number of fused-ring (bicyclic) bond motifs is 1. The van der Waals surface area contributed by atoms with Crippen LogP contribution in [0.2, 0.25) is 0 Å². The molecule has 0 aliphatic heterocycles. The Hall–Kier alpha value is -3.21. The van der Waals surface area contributed by atoms with Crippen LogP contribution in [-0.2, 0) is 0 Å². The summed E-state index contributed by atoms with van der Waals surface area (Å²) in [5.41, 5.74) is 3.00. The van der Waals surface area contributed by atoms with Crippen molar-refractivity contribution in [3.05, 3.63) is 73.6 Å². The van der Waals surface area contributed by atoms with Gasteiger partial charge in [0.05, 0.1) is 18.0 Å². The SMILES string of the molecule is c1ccc(Oc2ncc(-c3ccc4cncn4c3)cn2)cc1. The molecule has 0 amide bonds. The molecule has 0 saturated heterocycles. The van der Waals surface area contributed by atoms with Gasteiger partial charge in [-0.05, 0) is 18.2 Å². The molecule has 0 aliphatic rings. The number of pyridine rings is 1. The minimum atomic E-state index is 0.332. The summed E-state index contributed by atoms with van der Waals surface area (Å²) in [6.07, 6.45) is 9.09. The standard InChI is InChI=1S/C17H12N4O/c1-2-4-16(5-3-1)22-17-19-8-14(9-20-17)13-6-7-15-10-18-12-21(15)11-13/h1-12H. The predicted octanol–water partition coefficient (Wildman–Crippen LogP) is 3.58. The van der Waals surface area contributed by atoms with E-state index in [2.05, 4.69) is 15.0 Å². The Morgan fingerprint density at radius 2 is 1.64 bits per heavy atom. The third-order valence-corrected chi connectivity index (χ3v) is 3.32. The molecule has 4 aromatic rings. The Morgan fingerprint density at radius 1 is 0.818 bits per heavy atom. The molecule has 0 saturated carbocycles. The van der Waals surface area contributed by atoms with Crippen molar-refractivity contribution in [1.82, 2.24) is 19.4 Å². The highest BCUT2D eigenvalue weighted by Crippen LogP contribution is 2.21. The van der Waals surface area contributed by atoms with E-state index in [4.69, 9.17) is 4.74 Å². The second-order valence-corrected chi connectivity index (χ2v) is 4.81. The average Bonchev–Trinajstić information content (AvgIpc) is 3.04. The second kappa shape index (κ2) is 5.29. The van der Waals surface area contributed by atoms with Gasteiger partial charge in [-0.3, -0.25) is 0 Å². The van der Waals surface area contributed by atoms with Crippen LogP contribution < -0.4 is 4.74 Å². The Balaban J connectivity index is 1.61. The number of ether oxygens (including phenoxy) is 1. The van der Waals surface area contributed by atoms with Crippen molar-refractivity contribution < 1.29 is 4.74 Å². The highest BCUT2D eigenvalue weighted by Gasteiger charge is 2.04. The second-order valence-electron chi connectivity index (χ2n) is 4.81. The first kappa shape index (κ1) is 12.5. The van der Waals surface area contributed by atoms with Gasteiger partial charge in [-0.15, -0.1) is 0 Å². The topological polar surface area (TPSA) is 52.3 Å². The van der Waals surface area contributed by atoms with E-state index in [1.165, 1.54) is 0 Å². The van der Waals surface area contributed by atoms with Crippen molar-refractivity contribution in [3.8, 4) is 22.9 Å². The van der Waals surface area contributed by atoms with E-state index in [1.807, 2.05) is 59.3 Å². The van der Waals surface area contributed by atoms with Crippen molar-refractivity contribution in [2.75, 3.05) is 0 Å². The number of aromatic nitrogens is 4. The van der Waals surface area contributed by atoms with E-state index >= 15 is 0 Å². The van der Waals surface area contributed by atoms with Crippen LogP contribution in [0.3, 0.4) is 0 Å². The summed E-state index contributed by atoms with van der Waals surface area (Å²) in [5.74, 6) is 0.718. The molecule has 3 heterocycles. The molecule has 0 N–H and O–H groups in total. The number of para-hydroxylation sites is 1. The summed E-state index contributed by atoms with van der Waals surface area (Å²) in [4.78, 5) is 12.6. The highest BCUT2D eigenvalue weighted by molar-refractivity contribution is 5.63. The van der Waals surface area contributed by atoms with Crippen molar-refractivity contribution in [2.24, 2.45) is 0 Å². The molecule has 1 aromatic carbocycles. The van der Waals surface area contributed by atoms with Crippen LogP contribution in [-0.4, -0.2) is 19.4 Å². The summed E-state index contributed by atoms with van der Waals surface area (Å²) in [5, 5.41) is 0. The van der Waals surface area contributed by atoms with Crippen LogP contribution >= 0.6 is 0 Å². The monoisotopic (exact) mass is 288 g/mol. The zero-order valence-electron chi connectivity index (χ0n) is 11.6. The molecule has 0 unspecified atom stereocenters. The molecule has 22 heavy (non-hydrogen) atoms. The molecular weight excluding hydrogens is 276 g/mol. The molecule has 106 valence electrons. The van der Waals surface area contributed by atoms with Gasteiger partial charge in [-0.1, -0.05) is 24.3 Å². The van der Waals surface area contributed by atoms with E-state index < -0.39 is 0 Å². The molecule has 4 rings (SSSR count). The molecule has 0 fully saturated rings. The fourth-order valence-electron chi connectivity index (χ4n) is 2.20. The first-order chi connectivity index (χ1) is 10.9. The largest absolute Gasteiger partial charge is 0.424 e. The zero-order chi connectivity index (χ0) is 14.8. The number of imidazole rings is 1. The molecule has 0 spiro atoms. The minimum Gasteiger partial charge on any atom is -0.424 e. The van der Waals surface area contributed by atoms with E-state index in [-0.39, 0.29) is 0 Å². The maximum Gasteiger partial charge on any atom is 0.321 e. The van der Waals surface area contributed by atoms with E-state index in [0.29, 0.717) is 6.01 Å². The molecule has 0 radical (unpaired) electrons. The maximum absolute atomic E-state index is 5.59. The lowest BCUT2D eigenvalue weighted by Crippen LogP contribution is -1.92. The molecule has 3 aromatic heterocycles. The number of rotatable bonds is 3. The van der Waals surface area contributed by atoms with Crippen molar-refractivity contribution in [3.63, 3.8) is 0 Å². The Morgan fingerprint density at radius 3 is 2.45 bits per heavy atom. The third-order valence-electron chi connectivity index (χ3n) is 3.32. The van der Waals surface area contributed by atoms with Gasteiger partial charge < -0.3 is 9.14 Å². The summed E-state index contributed by atoms with van der Waals surface area (Å²) in [6.45, 7) is 0. The summed E-state index contributed by atoms with van der Waals surface area (Å²) in [7, 11) is 0. The number of hydrogen-bond acceptors (Lipinski definition) is 4. The van der Waals surface area contributed by atoms with Gasteiger partial charge in [0, 0.05) is 29.7 Å². The Labute approximate surface area is 126 Å². The molecule has 0 bridgehead atoms. The number of benzene rings is 1. The van der Waals surface area contributed by atoms with Gasteiger partial charge >= 0.3 is 6.01 Å². The van der Waals surface area contributed by atoms with Crippen LogP contribution in [0.1, 0.15) is 0 Å². The van der Waals surface area contributed by atoms with Gasteiger partial charge in [0.15, 0.2) is 0 Å². The van der Waals surface area contributed by atoms with Gasteiger partial charge in [0.1, 0.15) is 5.75 Å². The summed E-state index contributed by atoms with van der Waals surface area (Å²) >= 11 is 0. The van der Waals surface area contributed by atoms with Gasteiger partial charge in [-0.25, -0.2) is 15.0 Å². The van der Waals surface area contributed by atoms with Crippen LogP contribution in [0.5, 0.6) is 11.8 Å². The van der Waals surface area contributed by atoms with Gasteiger partial charge in [-0.2, -0.15) is 0 Å². The quantitative estimate of drug-likeness (QED) is 0.578. The summed E-state index contributed by atoms with van der Waals surface area (Å²) < 4.78 is 7.55. The lowest BCUT2D eigenvalue weighted by Gasteiger charge is -2.05. The van der Waals surface area contributed by atoms with Crippen LogP contribution in [0.4, 0.5) is 0 Å². The molecule has 5 nitrogen and oxygen atoms in total. The third kappa shape index (κ3) is 2.40. The fraction of sp³-hybridized carbons (Fsp3) is 0. The molecule has 0 atom stereocenters. The smallest absolute Gasteiger partial charge is 0.321 e. The van der Waals surface area contributed by atoms with Crippen molar-refractivity contribution >= 4 is 5.52 Å². The fourth-order valence-corrected chi connectivity index (χ4v) is 2.20. The van der Waals surface area contributed by atoms with Crippen molar-refractivity contribution in [2.45, 2.75) is 0 Å². The molecular formula is C17H12N4O. The highest BCUT2D eigenvalue weighted by atomic mass is 16.5. The lowest BCUT2D eigenvalue weighted by atomic mass is 10.1. The normalized spacial score (nSPS) is 10.7. The van der Waals surface area contributed by atoms with Crippen LogP contribution in [0.15, 0.2) is 73.6 Å². The van der Waals surface area contributed by atoms with Crippen LogP contribution in [0.25, 0.3) is 16.6 Å². The summed E-state index contributed by atoms with van der Waals surface area (Å²) in [6, 6.07) is 13.8. The molecule has 5 heteroatoms. The van der Waals surface area contributed by atoms with Crippen LogP contribution in [0, 0.1) is 0 Å². The minimum absolute atomic E-state index is 0.332. The predicted molar refractivity (Wildman–Crippen MR) is 82.7 cm³/mol. The zero-order valence-corrected chi connectivity index (χ0v) is 11.6. The Bertz CT molecular complexity index is 901. The van der Waals surface area contributed by atoms with Gasteiger partial charge in [0.2, 0.25) is 0 Å². The average molecular weight is 288 g/mol. The van der Waals surface area contributed by atoms with E-state index in [9.17, 15) is 0 Å². The van der Waals surface area contributed by atoms with E-state index in [1.54, 1.807) is 18.7 Å². The Kier molecular flexibility index (Phi) is 3.01. The first-order valence-electron chi connectivity index (χ1n) is 6.85. The maximum atomic E-state index is 5.59. The first-order valence-corrected chi connectivity index (χ1v) is 6.85. The number of nitrogens with zero attached hydrogens (tertiary/aromatic N) is 4. The van der Waals surface area contributed by atoms with E-state index in [0.717, 1.165) is 22.4 Å².